The molecule has 0 atom stereocenters. The summed E-state index contributed by atoms with van der Waals surface area (Å²) in [5.74, 6) is 0.928. The van der Waals surface area contributed by atoms with Gasteiger partial charge in [-0.3, -0.25) is 5.32 Å². The largest absolute Gasteiger partial charge is 0.356 e. The molecule has 2 amide bonds. The Morgan fingerprint density at radius 2 is 1.71 bits per heavy atom. The van der Waals surface area contributed by atoms with Gasteiger partial charge in [0.25, 0.3) is 10.0 Å². The number of hydrogen-bond donors (Lipinski definition) is 2. The molecule has 45 heavy (non-hydrogen) atoms. The van der Waals surface area contributed by atoms with Gasteiger partial charge in [0.05, 0.1) is 23.0 Å². The average Bonchev–Trinajstić information content (AvgIpc) is 3.66. The van der Waals surface area contributed by atoms with Crippen LogP contribution in [-0.4, -0.2) is 51.8 Å². The third-order valence-electron chi connectivity index (χ3n) is 8.14. The zero-order valence-corrected chi connectivity index (χ0v) is 26.6. The lowest BCUT2D eigenvalue weighted by Crippen LogP contribution is -2.39. The van der Waals surface area contributed by atoms with Gasteiger partial charge in [0.15, 0.2) is 10.6 Å². The number of piperidine rings is 1. The van der Waals surface area contributed by atoms with E-state index in [9.17, 15) is 13.2 Å². The molecule has 0 bridgehead atoms. The van der Waals surface area contributed by atoms with Crippen molar-refractivity contribution in [3.63, 3.8) is 0 Å². The summed E-state index contributed by atoms with van der Waals surface area (Å²) in [5, 5.41) is 14.8. The Kier molecular flexibility index (Phi) is 8.19. The molecule has 6 rings (SSSR count). The summed E-state index contributed by atoms with van der Waals surface area (Å²) in [6.07, 6.45) is 5.14. The molecular formula is C33H37N7O4S. The van der Waals surface area contributed by atoms with Crippen molar-refractivity contribution in [3.05, 3.63) is 89.9 Å². The molecule has 0 spiro atoms. The number of aryl methyl sites for hydroxylation is 1. The minimum absolute atomic E-state index is 0.0129. The van der Waals surface area contributed by atoms with Crippen molar-refractivity contribution in [2.24, 2.45) is 5.92 Å². The van der Waals surface area contributed by atoms with Crippen LogP contribution in [0.4, 0.5) is 16.3 Å². The Morgan fingerprint density at radius 3 is 2.40 bits per heavy atom. The molecule has 2 aromatic carbocycles. The molecular weight excluding hydrogens is 590 g/mol. The SMILES string of the molecule is Cc1ccc(-n2nc(C(C)(C)C)cc2NC(=O)Nc2ccc(CC3CCN(S(=O)(=O)c4nccc5oncc45)CC3)cc2)cc1. The molecule has 3 aromatic heterocycles. The van der Waals surface area contributed by atoms with Gasteiger partial charge >= 0.3 is 6.03 Å². The first-order valence-electron chi connectivity index (χ1n) is 15.0. The van der Waals surface area contributed by atoms with Crippen LogP contribution in [0.1, 0.15) is 50.4 Å². The maximum absolute atomic E-state index is 13.3. The summed E-state index contributed by atoms with van der Waals surface area (Å²) in [6.45, 7) is 9.14. The van der Waals surface area contributed by atoms with Gasteiger partial charge in [0.1, 0.15) is 5.82 Å². The second-order valence-corrected chi connectivity index (χ2v) is 14.4. The molecule has 2 N–H and O–H groups in total. The molecule has 1 saturated heterocycles. The van der Waals surface area contributed by atoms with E-state index in [-0.39, 0.29) is 16.5 Å². The van der Waals surface area contributed by atoms with Crippen LogP contribution in [0.2, 0.25) is 0 Å². The molecule has 234 valence electrons. The molecule has 0 radical (unpaired) electrons. The summed E-state index contributed by atoms with van der Waals surface area (Å²) >= 11 is 0. The lowest BCUT2D eigenvalue weighted by molar-refractivity contribution is 0.262. The second-order valence-electron chi connectivity index (χ2n) is 12.6. The number of sulfonamides is 1. The first-order valence-corrected chi connectivity index (χ1v) is 16.5. The molecule has 0 saturated carbocycles. The minimum atomic E-state index is -3.75. The predicted octanol–water partition coefficient (Wildman–Crippen LogP) is 6.30. The van der Waals surface area contributed by atoms with Crippen molar-refractivity contribution in [1.29, 1.82) is 0 Å². The van der Waals surface area contributed by atoms with Crippen LogP contribution in [-0.2, 0) is 21.9 Å². The molecule has 1 aliphatic rings. The van der Waals surface area contributed by atoms with E-state index in [4.69, 9.17) is 9.62 Å². The Morgan fingerprint density at radius 1 is 1.00 bits per heavy atom. The van der Waals surface area contributed by atoms with Crippen LogP contribution in [0.3, 0.4) is 0 Å². The maximum Gasteiger partial charge on any atom is 0.324 e. The second kappa shape index (κ2) is 12.1. The normalized spacial score (nSPS) is 14.9. The quantitative estimate of drug-likeness (QED) is 0.216. The van der Waals surface area contributed by atoms with Gasteiger partial charge in [-0.05, 0) is 61.9 Å². The van der Waals surface area contributed by atoms with Gasteiger partial charge in [-0.2, -0.15) is 9.40 Å². The standard InChI is InChI=1S/C33H37N7O4S/c1-22-5-11-26(12-6-22)40-30(20-29(38-40)33(2,3)4)37-32(41)36-25-9-7-23(8-10-25)19-24-14-17-39(18-15-24)45(42,43)31-27-21-35-44-28(27)13-16-34-31/h5-13,16,20-21,24H,14-15,17-19H2,1-4H3,(H2,36,37,41). The Bertz CT molecular complexity index is 1920. The van der Waals surface area contributed by atoms with Crippen LogP contribution in [0.25, 0.3) is 16.7 Å². The van der Waals surface area contributed by atoms with E-state index in [1.54, 1.807) is 10.7 Å². The van der Waals surface area contributed by atoms with Gasteiger partial charge in [-0.15, -0.1) is 0 Å². The molecule has 5 aromatic rings. The fraction of sp³-hybridized carbons (Fsp3) is 0.333. The monoisotopic (exact) mass is 627 g/mol. The third-order valence-corrected chi connectivity index (χ3v) is 10.00. The Hall–Kier alpha value is -4.55. The van der Waals surface area contributed by atoms with Crippen molar-refractivity contribution >= 4 is 38.5 Å². The number of fused-ring (bicyclic) bond motifs is 1. The minimum Gasteiger partial charge on any atom is -0.356 e. The first-order chi connectivity index (χ1) is 21.5. The summed E-state index contributed by atoms with van der Waals surface area (Å²) in [4.78, 5) is 17.1. The van der Waals surface area contributed by atoms with Crippen molar-refractivity contribution in [2.45, 2.75) is 57.4 Å². The topological polar surface area (TPSA) is 135 Å². The third kappa shape index (κ3) is 6.62. The highest BCUT2D eigenvalue weighted by Gasteiger charge is 2.32. The van der Waals surface area contributed by atoms with E-state index in [0.717, 1.165) is 41.8 Å². The highest BCUT2D eigenvalue weighted by Crippen LogP contribution is 2.30. The summed E-state index contributed by atoms with van der Waals surface area (Å²) in [7, 11) is -3.75. The van der Waals surface area contributed by atoms with Gasteiger partial charge in [-0.1, -0.05) is 55.8 Å². The van der Waals surface area contributed by atoms with E-state index >= 15 is 0 Å². The van der Waals surface area contributed by atoms with Crippen LogP contribution >= 0.6 is 0 Å². The molecule has 11 nitrogen and oxygen atoms in total. The van der Waals surface area contributed by atoms with E-state index in [0.29, 0.717) is 41.5 Å². The zero-order chi connectivity index (χ0) is 31.8. The fourth-order valence-electron chi connectivity index (χ4n) is 5.51. The molecule has 1 aliphatic heterocycles. The number of aromatic nitrogens is 4. The van der Waals surface area contributed by atoms with Gasteiger partial charge in [0, 0.05) is 42.5 Å². The Balaban J connectivity index is 1.05. The number of carbonyl (C=O) groups excluding carboxylic acids is 1. The lowest BCUT2D eigenvalue weighted by atomic mass is 9.91. The zero-order valence-electron chi connectivity index (χ0n) is 25.8. The number of amides is 2. The number of carbonyl (C=O) groups is 1. The van der Waals surface area contributed by atoms with Gasteiger partial charge < -0.3 is 9.84 Å². The van der Waals surface area contributed by atoms with E-state index in [2.05, 4.69) is 41.5 Å². The number of pyridine rings is 1. The molecule has 4 heterocycles. The lowest BCUT2D eigenvalue weighted by Gasteiger charge is -2.31. The van der Waals surface area contributed by atoms with Crippen molar-refractivity contribution in [1.82, 2.24) is 24.2 Å². The molecule has 12 heteroatoms. The van der Waals surface area contributed by atoms with Crippen LogP contribution in [0.5, 0.6) is 0 Å². The maximum atomic E-state index is 13.3. The van der Waals surface area contributed by atoms with Crippen molar-refractivity contribution in [2.75, 3.05) is 23.7 Å². The Labute approximate surface area is 262 Å². The predicted molar refractivity (Wildman–Crippen MR) is 173 cm³/mol. The van der Waals surface area contributed by atoms with E-state index < -0.39 is 10.0 Å². The summed E-state index contributed by atoms with van der Waals surface area (Å²) in [6, 6.07) is 18.9. The molecule has 1 fully saturated rings. The first kappa shape index (κ1) is 30.5. The average molecular weight is 628 g/mol. The van der Waals surface area contributed by atoms with Crippen molar-refractivity contribution < 1.29 is 17.7 Å². The highest BCUT2D eigenvalue weighted by molar-refractivity contribution is 7.89. The molecule has 0 unspecified atom stereocenters. The number of benzene rings is 2. The summed E-state index contributed by atoms with van der Waals surface area (Å²) in [5.41, 5.74) is 4.89. The number of anilines is 2. The number of nitrogens with one attached hydrogen (secondary N) is 2. The van der Waals surface area contributed by atoms with Crippen LogP contribution in [0, 0.1) is 12.8 Å². The number of hydrogen-bond acceptors (Lipinski definition) is 7. The van der Waals surface area contributed by atoms with Gasteiger partial charge in [-0.25, -0.2) is 22.9 Å². The number of rotatable bonds is 7. The van der Waals surface area contributed by atoms with Crippen LogP contribution < -0.4 is 10.6 Å². The highest BCUT2D eigenvalue weighted by atomic mass is 32.2. The fourth-order valence-corrected chi connectivity index (χ4v) is 7.07. The number of urea groups is 1. The molecule has 0 aliphatic carbocycles. The smallest absolute Gasteiger partial charge is 0.324 e. The summed E-state index contributed by atoms with van der Waals surface area (Å²) < 4.78 is 35.0. The van der Waals surface area contributed by atoms with Crippen LogP contribution in [0.15, 0.2) is 82.6 Å². The van der Waals surface area contributed by atoms with E-state index in [1.165, 1.54) is 16.7 Å². The number of nitrogens with zero attached hydrogens (tertiary/aromatic N) is 5. The van der Waals surface area contributed by atoms with Crippen molar-refractivity contribution in [3.8, 4) is 5.69 Å². The van der Waals surface area contributed by atoms with E-state index in [1.807, 2.05) is 61.5 Å². The van der Waals surface area contributed by atoms with Gasteiger partial charge in [0.2, 0.25) is 0 Å².